The van der Waals surface area contributed by atoms with Gasteiger partial charge in [-0.25, -0.2) is 4.79 Å². The number of likely N-dealkylation sites (N-methyl/N-ethyl adjacent to an activating group) is 1. The van der Waals surface area contributed by atoms with Gasteiger partial charge in [-0.2, -0.15) is 0 Å². The highest BCUT2D eigenvalue weighted by atomic mass is 16.5. The fourth-order valence-electron chi connectivity index (χ4n) is 5.42. The molecule has 1 aromatic carbocycles. The molecule has 220 valence electrons. The lowest BCUT2D eigenvalue weighted by molar-refractivity contribution is -0.0137. The lowest BCUT2D eigenvalue weighted by Gasteiger charge is -2.35. The highest BCUT2D eigenvalue weighted by Gasteiger charge is 2.30. The second-order valence-electron chi connectivity index (χ2n) is 11.7. The number of aliphatic hydroxyl groups excluding tert-OH is 1. The quantitative estimate of drug-likeness (QED) is 0.486. The summed E-state index contributed by atoms with van der Waals surface area (Å²) >= 11 is 0. The lowest BCUT2D eigenvalue weighted by atomic mass is 9.96. The molecule has 9 nitrogen and oxygen atoms in total. The number of hydrogen-bond donors (Lipinski definition) is 3. The van der Waals surface area contributed by atoms with Crippen molar-refractivity contribution in [2.45, 2.75) is 96.4 Å². The summed E-state index contributed by atoms with van der Waals surface area (Å²) in [6.45, 7) is 7.62. The summed E-state index contributed by atoms with van der Waals surface area (Å²) in [5.74, 6) is 0.299. The Balaban J connectivity index is 1.90. The first-order valence-corrected chi connectivity index (χ1v) is 14.7. The van der Waals surface area contributed by atoms with Gasteiger partial charge >= 0.3 is 6.03 Å². The second kappa shape index (κ2) is 15.4. The zero-order chi connectivity index (χ0) is 28.4. The zero-order valence-electron chi connectivity index (χ0n) is 24.6. The SMILES string of the molecule is C[C@H]1CCCCO[C@H](CN(C)C)[C@@H](C)CN([C@@H](C)CO)C(=O)c2cc(NC(=O)NC3CCCCC3)ccc2O1. The summed E-state index contributed by atoms with van der Waals surface area (Å²) in [4.78, 5) is 30.7. The largest absolute Gasteiger partial charge is 0.490 e. The van der Waals surface area contributed by atoms with Crippen LogP contribution in [-0.4, -0.2) is 91.5 Å². The molecular formula is C30H50N4O5. The second-order valence-corrected chi connectivity index (χ2v) is 11.7. The Morgan fingerprint density at radius 3 is 2.54 bits per heavy atom. The minimum Gasteiger partial charge on any atom is -0.490 e. The first-order valence-electron chi connectivity index (χ1n) is 14.7. The van der Waals surface area contributed by atoms with Gasteiger partial charge in [-0.3, -0.25) is 4.79 Å². The van der Waals surface area contributed by atoms with E-state index in [1.165, 1.54) is 6.42 Å². The molecule has 1 fully saturated rings. The number of urea groups is 1. The van der Waals surface area contributed by atoms with Crippen molar-refractivity contribution in [1.29, 1.82) is 0 Å². The number of nitrogens with zero attached hydrogens (tertiary/aromatic N) is 2. The van der Waals surface area contributed by atoms with Gasteiger partial charge in [0, 0.05) is 37.3 Å². The zero-order valence-corrected chi connectivity index (χ0v) is 24.6. The molecule has 2 aliphatic rings. The van der Waals surface area contributed by atoms with Gasteiger partial charge in [0.15, 0.2) is 0 Å². The summed E-state index contributed by atoms with van der Waals surface area (Å²) in [7, 11) is 4.05. The number of hydrogen-bond acceptors (Lipinski definition) is 6. The summed E-state index contributed by atoms with van der Waals surface area (Å²) < 4.78 is 12.6. The lowest BCUT2D eigenvalue weighted by Crippen LogP contribution is -2.47. The highest BCUT2D eigenvalue weighted by molar-refractivity contribution is 5.99. The average molecular weight is 547 g/mol. The first kappa shape index (κ1) is 31.2. The van der Waals surface area contributed by atoms with Crippen LogP contribution in [0.1, 0.15) is 82.5 Å². The van der Waals surface area contributed by atoms with Crippen molar-refractivity contribution in [1.82, 2.24) is 15.1 Å². The third kappa shape index (κ3) is 9.65. The van der Waals surface area contributed by atoms with Crippen LogP contribution in [0.3, 0.4) is 0 Å². The van der Waals surface area contributed by atoms with E-state index in [2.05, 4.69) is 22.5 Å². The molecule has 1 saturated carbocycles. The Kier molecular flexibility index (Phi) is 12.3. The summed E-state index contributed by atoms with van der Waals surface area (Å²) in [5, 5.41) is 16.1. The van der Waals surface area contributed by atoms with Gasteiger partial charge in [-0.15, -0.1) is 0 Å². The predicted octanol–water partition coefficient (Wildman–Crippen LogP) is 4.50. The van der Waals surface area contributed by atoms with E-state index in [0.717, 1.165) is 51.5 Å². The molecule has 9 heteroatoms. The molecule has 0 unspecified atom stereocenters. The van der Waals surface area contributed by atoms with Crippen LogP contribution in [0.5, 0.6) is 5.75 Å². The average Bonchev–Trinajstić information content (AvgIpc) is 2.90. The third-order valence-corrected chi connectivity index (χ3v) is 7.79. The van der Waals surface area contributed by atoms with E-state index in [9.17, 15) is 14.7 Å². The van der Waals surface area contributed by atoms with E-state index < -0.39 is 6.04 Å². The number of aliphatic hydroxyl groups is 1. The number of anilines is 1. The molecule has 3 amide bonds. The molecule has 3 rings (SSSR count). The van der Waals surface area contributed by atoms with Crippen molar-refractivity contribution in [2.24, 2.45) is 5.92 Å². The molecule has 0 bridgehead atoms. The van der Waals surface area contributed by atoms with Crippen LogP contribution in [-0.2, 0) is 4.74 Å². The van der Waals surface area contributed by atoms with Crippen molar-refractivity contribution in [3.8, 4) is 5.75 Å². The van der Waals surface area contributed by atoms with Crippen molar-refractivity contribution < 1.29 is 24.2 Å². The molecule has 1 heterocycles. The summed E-state index contributed by atoms with van der Waals surface area (Å²) in [5.41, 5.74) is 0.915. The number of ether oxygens (including phenoxy) is 2. The molecule has 3 N–H and O–H groups in total. The Morgan fingerprint density at radius 2 is 1.85 bits per heavy atom. The van der Waals surface area contributed by atoms with Gasteiger partial charge in [-0.1, -0.05) is 26.2 Å². The van der Waals surface area contributed by atoms with E-state index in [1.807, 2.05) is 27.9 Å². The van der Waals surface area contributed by atoms with Crippen LogP contribution in [0.15, 0.2) is 18.2 Å². The van der Waals surface area contributed by atoms with Crippen molar-refractivity contribution >= 4 is 17.6 Å². The molecule has 0 spiro atoms. The van der Waals surface area contributed by atoms with Gasteiger partial charge in [0.1, 0.15) is 5.75 Å². The number of carbonyl (C=O) groups is 2. The molecule has 39 heavy (non-hydrogen) atoms. The van der Waals surface area contributed by atoms with E-state index in [4.69, 9.17) is 9.47 Å². The van der Waals surface area contributed by atoms with Crippen LogP contribution < -0.4 is 15.4 Å². The molecule has 1 aromatic rings. The maximum absolute atomic E-state index is 14.1. The smallest absolute Gasteiger partial charge is 0.319 e. The van der Waals surface area contributed by atoms with Crippen molar-refractivity contribution in [3.05, 3.63) is 23.8 Å². The van der Waals surface area contributed by atoms with Crippen LogP contribution in [0.2, 0.25) is 0 Å². The van der Waals surface area contributed by atoms with Crippen LogP contribution in [0.25, 0.3) is 0 Å². The molecule has 1 aliphatic carbocycles. The Bertz CT molecular complexity index is 921. The highest BCUT2D eigenvalue weighted by Crippen LogP contribution is 2.28. The van der Waals surface area contributed by atoms with Gasteiger partial charge in [0.25, 0.3) is 5.91 Å². The summed E-state index contributed by atoms with van der Waals surface area (Å²) in [6.07, 6.45) is 8.06. The van der Waals surface area contributed by atoms with E-state index in [0.29, 0.717) is 30.2 Å². The number of benzene rings is 1. The Hall–Kier alpha value is -2.36. The number of nitrogens with one attached hydrogen (secondary N) is 2. The Morgan fingerprint density at radius 1 is 1.13 bits per heavy atom. The van der Waals surface area contributed by atoms with Gasteiger partial charge in [0.2, 0.25) is 0 Å². The number of fused-ring (bicyclic) bond motifs is 1. The molecule has 0 aromatic heterocycles. The minimum atomic E-state index is -0.399. The maximum Gasteiger partial charge on any atom is 0.319 e. The minimum absolute atomic E-state index is 0.0409. The third-order valence-electron chi connectivity index (χ3n) is 7.79. The van der Waals surface area contributed by atoms with Gasteiger partial charge in [0.05, 0.1) is 30.4 Å². The van der Waals surface area contributed by atoms with Crippen LogP contribution in [0, 0.1) is 5.92 Å². The van der Waals surface area contributed by atoms with E-state index in [-0.39, 0.29) is 42.7 Å². The van der Waals surface area contributed by atoms with Crippen LogP contribution >= 0.6 is 0 Å². The molecular weight excluding hydrogens is 496 g/mol. The molecule has 1 aliphatic heterocycles. The fraction of sp³-hybridized carbons (Fsp3) is 0.733. The van der Waals surface area contributed by atoms with Crippen LogP contribution in [0.4, 0.5) is 10.5 Å². The standard InChI is InChI=1S/C30H50N4O5/c1-21-18-34(22(2)20-35)29(36)26-17-25(32-30(37)31-24-12-7-6-8-13-24)14-15-27(26)39-23(3)11-9-10-16-38-28(21)19-33(4)5/h14-15,17,21-24,28,35H,6-13,16,18-20H2,1-5H3,(H2,31,32,37)/t21-,22-,23-,28+/m0/s1. The Labute approximate surface area is 234 Å². The van der Waals surface area contributed by atoms with Gasteiger partial charge in [-0.05, 0) is 78.2 Å². The van der Waals surface area contributed by atoms with Crippen molar-refractivity contribution in [3.63, 3.8) is 0 Å². The molecule has 0 radical (unpaired) electrons. The maximum atomic E-state index is 14.1. The molecule has 4 atom stereocenters. The van der Waals surface area contributed by atoms with Gasteiger partial charge < -0.3 is 35.0 Å². The number of amides is 3. The van der Waals surface area contributed by atoms with Crippen molar-refractivity contribution in [2.75, 3.05) is 45.7 Å². The summed E-state index contributed by atoms with van der Waals surface area (Å²) in [6, 6.07) is 4.78. The monoisotopic (exact) mass is 546 g/mol. The fourth-order valence-corrected chi connectivity index (χ4v) is 5.42. The number of carbonyl (C=O) groups excluding carboxylic acids is 2. The first-order chi connectivity index (χ1) is 18.7. The predicted molar refractivity (Wildman–Crippen MR) is 154 cm³/mol. The number of rotatable bonds is 6. The topological polar surface area (TPSA) is 103 Å². The molecule has 0 saturated heterocycles. The normalized spacial score (nSPS) is 24.8. The van der Waals surface area contributed by atoms with E-state index >= 15 is 0 Å². The van der Waals surface area contributed by atoms with E-state index in [1.54, 1.807) is 23.1 Å².